The van der Waals surface area contributed by atoms with E-state index in [9.17, 15) is 18.0 Å². The lowest BCUT2D eigenvalue weighted by Crippen LogP contribution is -2.43. The van der Waals surface area contributed by atoms with Crippen molar-refractivity contribution in [3.05, 3.63) is 82.8 Å². The van der Waals surface area contributed by atoms with Crippen LogP contribution in [0.2, 0.25) is 0 Å². The molecule has 1 aliphatic rings. The van der Waals surface area contributed by atoms with Gasteiger partial charge >= 0.3 is 6.18 Å². The molecule has 9 nitrogen and oxygen atoms in total. The molecule has 0 radical (unpaired) electrons. The molecule has 39 heavy (non-hydrogen) atoms. The SMILES string of the molecule is COc1ccc2ncc(C#Cc3ccnc(NC(=O)c4ccc(CN5CCNCC5)c(C(F)(F)F)c4)c3)n2n1. The number of carbonyl (C=O) groups is 1. The molecular formula is C27H24F3N7O2. The van der Waals surface area contributed by atoms with Crippen LogP contribution in [-0.2, 0) is 12.7 Å². The van der Waals surface area contributed by atoms with E-state index in [1.54, 1.807) is 28.9 Å². The summed E-state index contributed by atoms with van der Waals surface area (Å²) in [5.74, 6) is 5.79. The van der Waals surface area contributed by atoms with Gasteiger partial charge in [-0.25, -0.2) is 14.5 Å². The van der Waals surface area contributed by atoms with Crippen LogP contribution in [-0.4, -0.2) is 63.7 Å². The predicted molar refractivity (Wildman–Crippen MR) is 137 cm³/mol. The van der Waals surface area contributed by atoms with E-state index in [1.165, 1.54) is 31.5 Å². The lowest BCUT2D eigenvalue weighted by molar-refractivity contribution is -0.138. The van der Waals surface area contributed by atoms with Crippen LogP contribution in [0.15, 0.2) is 54.9 Å². The van der Waals surface area contributed by atoms with Gasteiger partial charge in [-0.05, 0) is 41.8 Å². The van der Waals surface area contributed by atoms with Crippen molar-refractivity contribution < 1.29 is 22.7 Å². The lowest BCUT2D eigenvalue weighted by atomic mass is 10.0. The summed E-state index contributed by atoms with van der Waals surface area (Å²) in [6, 6.07) is 10.3. The van der Waals surface area contributed by atoms with Gasteiger partial charge in [0.25, 0.3) is 5.91 Å². The number of halogens is 3. The van der Waals surface area contributed by atoms with Gasteiger partial charge < -0.3 is 15.4 Å². The molecule has 0 unspecified atom stereocenters. The number of piperazine rings is 1. The Morgan fingerprint density at radius 1 is 1.10 bits per heavy atom. The summed E-state index contributed by atoms with van der Waals surface area (Å²) in [6.07, 6.45) is -1.57. The average Bonchev–Trinajstić information content (AvgIpc) is 3.34. The zero-order chi connectivity index (χ0) is 27.4. The number of nitrogens with one attached hydrogen (secondary N) is 2. The average molecular weight is 536 g/mol. The fraction of sp³-hybridized carbons (Fsp3) is 0.259. The molecule has 12 heteroatoms. The van der Waals surface area contributed by atoms with Crippen LogP contribution in [0.4, 0.5) is 19.0 Å². The first kappa shape index (κ1) is 26.1. The fourth-order valence-electron chi connectivity index (χ4n) is 4.18. The van der Waals surface area contributed by atoms with Crippen molar-refractivity contribution in [2.45, 2.75) is 12.7 Å². The highest BCUT2D eigenvalue weighted by Gasteiger charge is 2.34. The van der Waals surface area contributed by atoms with Crippen LogP contribution >= 0.6 is 0 Å². The third kappa shape index (κ3) is 6.17. The van der Waals surface area contributed by atoms with Crippen LogP contribution in [0.1, 0.15) is 32.7 Å². The lowest BCUT2D eigenvalue weighted by Gasteiger charge is -2.28. The van der Waals surface area contributed by atoms with Gasteiger partial charge in [0, 0.05) is 56.1 Å². The van der Waals surface area contributed by atoms with Crippen LogP contribution in [0.5, 0.6) is 5.88 Å². The number of nitrogens with zero attached hydrogens (tertiary/aromatic N) is 5. The van der Waals surface area contributed by atoms with E-state index in [1.807, 2.05) is 4.90 Å². The third-order valence-electron chi connectivity index (χ3n) is 6.16. The topological polar surface area (TPSA) is 96.7 Å². The number of rotatable bonds is 5. The summed E-state index contributed by atoms with van der Waals surface area (Å²) in [7, 11) is 1.51. The summed E-state index contributed by atoms with van der Waals surface area (Å²) in [6.45, 7) is 2.93. The Kier molecular flexibility index (Phi) is 7.44. The van der Waals surface area contributed by atoms with E-state index in [0.717, 1.165) is 19.2 Å². The Morgan fingerprint density at radius 2 is 1.92 bits per heavy atom. The quantitative estimate of drug-likeness (QED) is 0.379. The number of hydrogen-bond donors (Lipinski definition) is 2. The Balaban J connectivity index is 1.33. The number of alkyl halides is 3. The van der Waals surface area contributed by atoms with Gasteiger partial charge in [-0.1, -0.05) is 12.0 Å². The van der Waals surface area contributed by atoms with Gasteiger partial charge in [-0.3, -0.25) is 9.69 Å². The first-order valence-corrected chi connectivity index (χ1v) is 12.1. The number of amides is 1. The van der Waals surface area contributed by atoms with E-state index < -0.39 is 17.6 Å². The Morgan fingerprint density at radius 3 is 2.69 bits per heavy atom. The molecule has 1 fully saturated rings. The minimum Gasteiger partial charge on any atom is -0.480 e. The molecule has 0 atom stereocenters. The highest BCUT2D eigenvalue weighted by atomic mass is 19.4. The number of anilines is 1. The monoisotopic (exact) mass is 535 g/mol. The molecule has 1 amide bonds. The van der Waals surface area contributed by atoms with Crippen molar-refractivity contribution in [2.75, 3.05) is 38.6 Å². The maximum atomic E-state index is 13.9. The Labute approximate surface area is 222 Å². The molecule has 3 aromatic heterocycles. The molecule has 1 aromatic carbocycles. The summed E-state index contributed by atoms with van der Waals surface area (Å²) in [5, 5.41) is 10.0. The predicted octanol–water partition coefficient (Wildman–Crippen LogP) is 3.21. The molecule has 4 aromatic rings. The van der Waals surface area contributed by atoms with Crippen LogP contribution in [0.3, 0.4) is 0 Å². The summed E-state index contributed by atoms with van der Waals surface area (Å²) in [5.41, 5.74) is 0.846. The standard InChI is InChI=1S/C27H24F3N7O2/c1-39-25-7-6-24-33-16-21(37(24)35-25)5-2-18-8-9-32-23(14-18)34-26(38)19-3-4-20(22(15-19)27(28,29)30)17-36-12-10-31-11-13-36/h3-4,6-9,14-16,31H,10-13,17H2,1H3,(H,32,34,38). The summed E-state index contributed by atoms with van der Waals surface area (Å²) >= 11 is 0. The number of methoxy groups -OCH3 is 1. The number of carbonyl (C=O) groups excluding carboxylic acids is 1. The number of fused-ring (bicyclic) bond motifs is 1. The molecule has 4 heterocycles. The Hall–Kier alpha value is -4.47. The minimum atomic E-state index is -4.59. The smallest absolute Gasteiger partial charge is 0.416 e. The number of aromatic nitrogens is 4. The molecule has 2 N–H and O–H groups in total. The van der Waals surface area contributed by atoms with Gasteiger partial charge in [0.15, 0.2) is 5.65 Å². The molecule has 0 aliphatic carbocycles. The van der Waals surface area contributed by atoms with Crippen molar-refractivity contribution >= 4 is 17.4 Å². The van der Waals surface area contributed by atoms with Crippen molar-refractivity contribution in [3.8, 4) is 17.7 Å². The molecular weight excluding hydrogens is 511 g/mol. The molecule has 0 saturated carbocycles. The second-order valence-corrected chi connectivity index (χ2v) is 8.82. The second-order valence-electron chi connectivity index (χ2n) is 8.82. The molecule has 0 spiro atoms. The van der Waals surface area contributed by atoms with Crippen molar-refractivity contribution in [3.63, 3.8) is 0 Å². The van der Waals surface area contributed by atoms with E-state index in [0.29, 0.717) is 35.9 Å². The fourth-order valence-corrected chi connectivity index (χ4v) is 4.18. The zero-order valence-corrected chi connectivity index (χ0v) is 20.9. The minimum absolute atomic E-state index is 0.115. The molecule has 5 rings (SSSR count). The Bertz CT molecular complexity index is 1570. The van der Waals surface area contributed by atoms with Gasteiger partial charge in [-0.15, -0.1) is 5.10 Å². The third-order valence-corrected chi connectivity index (χ3v) is 6.16. The number of benzene rings is 1. The first-order chi connectivity index (χ1) is 18.8. The zero-order valence-electron chi connectivity index (χ0n) is 20.9. The van der Waals surface area contributed by atoms with Crippen molar-refractivity contribution in [1.29, 1.82) is 0 Å². The van der Waals surface area contributed by atoms with Crippen LogP contribution < -0.4 is 15.4 Å². The molecule has 0 bridgehead atoms. The van der Waals surface area contributed by atoms with Gasteiger partial charge in [-0.2, -0.15) is 13.2 Å². The van der Waals surface area contributed by atoms with Gasteiger partial charge in [0.05, 0.1) is 18.9 Å². The highest BCUT2D eigenvalue weighted by molar-refractivity contribution is 6.04. The highest BCUT2D eigenvalue weighted by Crippen LogP contribution is 2.33. The van der Waals surface area contributed by atoms with E-state index >= 15 is 0 Å². The van der Waals surface area contributed by atoms with Gasteiger partial charge in [0.1, 0.15) is 11.5 Å². The number of pyridine rings is 1. The molecule has 1 aliphatic heterocycles. The second kappa shape index (κ2) is 11.1. The number of imidazole rings is 1. The van der Waals surface area contributed by atoms with Crippen LogP contribution in [0.25, 0.3) is 5.65 Å². The largest absolute Gasteiger partial charge is 0.480 e. The normalized spacial score (nSPS) is 14.1. The van der Waals surface area contributed by atoms with Gasteiger partial charge in [0.2, 0.25) is 5.88 Å². The van der Waals surface area contributed by atoms with E-state index in [-0.39, 0.29) is 23.5 Å². The summed E-state index contributed by atoms with van der Waals surface area (Å²) < 4.78 is 48.3. The van der Waals surface area contributed by atoms with Crippen LogP contribution in [0, 0.1) is 11.8 Å². The molecule has 1 saturated heterocycles. The first-order valence-electron chi connectivity index (χ1n) is 12.1. The van der Waals surface area contributed by atoms with E-state index in [2.05, 4.69) is 37.5 Å². The maximum Gasteiger partial charge on any atom is 0.416 e. The maximum absolute atomic E-state index is 13.9. The number of ether oxygens (including phenoxy) is 1. The van der Waals surface area contributed by atoms with Crippen molar-refractivity contribution in [2.24, 2.45) is 0 Å². The van der Waals surface area contributed by atoms with E-state index in [4.69, 9.17) is 4.74 Å². The number of hydrogen-bond acceptors (Lipinski definition) is 7. The molecule has 200 valence electrons. The summed E-state index contributed by atoms with van der Waals surface area (Å²) in [4.78, 5) is 23.2. The van der Waals surface area contributed by atoms with Crippen molar-refractivity contribution in [1.82, 2.24) is 29.8 Å².